The van der Waals surface area contributed by atoms with E-state index in [1.807, 2.05) is 41.8 Å². The molecule has 3 rings (SSSR count). The van der Waals surface area contributed by atoms with Gasteiger partial charge in [0.1, 0.15) is 5.75 Å². The minimum Gasteiger partial charge on any atom is -0.497 e. The topological polar surface area (TPSA) is 43.6 Å². The number of hydrogen-bond donors (Lipinski definition) is 0. The van der Waals surface area contributed by atoms with Crippen molar-refractivity contribution in [2.24, 2.45) is 0 Å². The molecule has 0 amide bonds. The van der Waals surface area contributed by atoms with Crippen molar-refractivity contribution in [1.29, 1.82) is 0 Å². The first-order valence-corrected chi connectivity index (χ1v) is 6.93. The Morgan fingerprint density at radius 2 is 2.20 bits per heavy atom. The van der Waals surface area contributed by atoms with Gasteiger partial charge in [-0.3, -0.25) is 9.20 Å². The van der Waals surface area contributed by atoms with Gasteiger partial charge in [-0.25, -0.2) is 4.98 Å². The largest absolute Gasteiger partial charge is 0.497 e. The van der Waals surface area contributed by atoms with Crippen LogP contribution in [-0.2, 0) is 0 Å². The van der Waals surface area contributed by atoms with Crippen LogP contribution in [-0.4, -0.2) is 16.5 Å². The number of fused-ring (bicyclic) bond motifs is 1. The summed E-state index contributed by atoms with van der Waals surface area (Å²) >= 11 is 1.44. The number of hydrogen-bond acceptors (Lipinski definition) is 4. The molecule has 20 heavy (non-hydrogen) atoms. The van der Waals surface area contributed by atoms with Crippen LogP contribution in [0, 0.1) is 0 Å². The van der Waals surface area contributed by atoms with Gasteiger partial charge in [0.2, 0.25) is 0 Å². The summed E-state index contributed by atoms with van der Waals surface area (Å²) in [5.74, 6) is 0.800. The first-order chi connectivity index (χ1) is 9.76. The molecular weight excluding hydrogens is 272 g/mol. The van der Waals surface area contributed by atoms with Crippen molar-refractivity contribution in [3.05, 3.63) is 63.5 Å². The lowest BCUT2D eigenvalue weighted by atomic mass is 10.2. The van der Waals surface area contributed by atoms with Crippen LogP contribution in [0.3, 0.4) is 0 Å². The second kappa shape index (κ2) is 5.30. The van der Waals surface area contributed by atoms with Crippen LogP contribution in [0.25, 0.3) is 17.1 Å². The maximum absolute atomic E-state index is 11.8. The second-order valence-electron chi connectivity index (χ2n) is 4.18. The summed E-state index contributed by atoms with van der Waals surface area (Å²) in [5.41, 5.74) is 1.58. The third kappa shape index (κ3) is 2.48. The van der Waals surface area contributed by atoms with Crippen molar-refractivity contribution in [2.75, 3.05) is 7.11 Å². The zero-order valence-electron chi connectivity index (χ0n) is 10.8. The minimum atomic E-state index is -0.0680. The zero-order valence-corrected chi connectivity index (χ0v) is 11.6. The van der Waals surface area contributed by atoms with E-state index in [1.54, 1.807) is 13.3 Å². The molecule has 0 saturated heterocycles. The number of nitrogens with zero attached hydrogens (tertiary/aromatic N) is 2. The molecule has 0 fully saturated rings. The number of ether oxygens (including phenoxy) is 1. The predicted molar refractivity (Wildman–Crippen MR) is 81.3 cm³/mol. The molecule has 2 aromatic heterocycles. The van der Waals surface area contributed by atoms with E-state index >= 15 is 0 Å². The second-order valence-corrected chi connectivity index (χ2v) is 5.06. The van der Waals surface area contributed by atoms with E-state index in [1.165, 1.54) is 21.8 Å². The Hall–Kier alpha value is -2.40. The standard InChI is InChI=1S/C15H12N2O2S/c1-19-13-4-2-3-11(9-13)5-6-12-10-14(18)17-7-8-20-15(17)16-12/h2-10H,1H3/b6-5+. The number of benzene rings is 1. The fourth-order valence-corrected chi connectivity index (χ4v) is 2.60. The molecule has 3 aromatic rings. The van der Waals surface area contributed by atoms with Gasteiger partial charge in [0.15, 0.2) is 4.96 Å². The average Bonchev–Trinajstić information content (AvgIpc) is 2.94. The monoisotopic (exact) mass is 284 g/mol. The van der Waals surface area contributed by atoms with Crippen LogP contribution in [0.2, 0.25) is 0 Å². The van der Waals surface area contributed by atoms with Crippen LogP contribution in [0.5, 0.6) is 5.75 Å². The van der Waals surface area contributed by atoms with E-state index in [4.69, 9.17) is 4.74 Å². The van der Waals surface area contributed by atoms with E-state index in [9.17, 15) is 4.79 Å². The maximum Gasteiger partial charge on any atom is 0.259 e. The van der Waals surface area contributed by atoms with Crippen LogP contribution in [0.15, 0.2) is 46.7 Å². The molecule has 0 radical (unpaired) electrons. The van der Waals surface area contributed by atoms with Crippen molar-refractivity contribution >= 4 is 28.4 Å². The van der Waals surface area contributed by atoms with Crippen LogP contribution in [0.1, 0.15) is 11.3 Å². The lowest BCUT2D eigenvalue weighted by Crippen LogP contribution is -2.11. The SMILES string of the molecule is COc1cccc(/C=C/c2cc(=O)n3ccsc3n2)c1. The summed E-state index contributed by atoms with van der Waals surface area (Å²) in [4.78, 5) is 17.0. The van der Waals surface area contributed by atoms with Gasteiger partial charge < -0.3 is 4.74 Å². The maximum atomic E-state index is 11.8. The molecule has 0 aliphatic rings. The van der Waals surface area contributed by atoms with Crippen molar-refractivity contribution in [3.8, 4) is 5.75 Å². The van der Waals surface area contributed by atoms with Gasteiger partial charge >= 0.3 is 0 Å². The summed E-state index contributed by atoms with van der Waals surface area (Å²) in [6, 6.07) is 9.22. The van der Waals surface area contributed by atoms with E-state index in [2.05, 4.69) is 4.98 Å². The number of methoxy groups -OCH3 is 1. The third-order valence-electron chi connectivity index (χ3n) is 2.86. The zero-order chi connectivity index (χ0) is 13.9. The van der Waals surface area contributed by atoms with Gasteiger partial charge in [0.25, 0.3) is 5.56 Å². The molecular formula is C15H12N2O2S. The van der Waals surface area contributed by atoms with Crippen LogP contribution < -0.4 is 10.3 Å². The molecule has 1 aromatic carbocycles. The normalized spacial score (nSPS) is 11.2. The predicted octanol–water partition coefficient (Wildman–Crippen LogP) is 2.94. The Kier molecular flexibility index (Phi) is 3.35. The fourth-order valence-electron chi connectivity index (χ4n) is 1.87. The van der Waals surface area contributed by atoms with Crippen molar-refractivity contribution < 1.29 is 4.74 Å². The molecule has 100 valence electrons. The van der Waals surface area contributed by atoms with Gasteiger partial charge in [-0.05, 0) is 23.8 Å². The molecule has 0 spiro atoms. The molecule has 2 heterocycles. The molecule has 0 saturated carbocycles. The summed E-state index contributed by atoms with van der Waals surface area (Å²) in [6.45, 7) is 0. The first-order valence-electron chi connectivity index (χ1n) is 6.05. The molecule has 5 heteroatoms. The molecule has 0 aliphatic heterocycles. The minimum absolute atomic E-state index is 0.0680. The molecule has 4 nitrogen and oxygen atoms in total. The molecule has 0 aliphatic carbocycles. The van der Waals surface area contributed by atoms with E-state index < -0.39 is 0 Å². The van der Waals surface area contributed by atoms with Crippen molar-refractivity contribution in [3.63, 3.8) is 0 Å². The average molecular weight is 284 g/mol. The quantitative estimate of drug-likeness (QED) is 0.742. The van der Waals surface area contributed by atoms with Crippen LogP contribution >= 0.6 is 11.3 Å². The van der Waals surface area contributed by atoms with Gasteiger partial charge in [-0.15, -0.1) is 11.3 Å². The Bertz CT molecular complexity index is 833. The van der Waals surface area contributed by atoms with Crippen molar-refractivity contribution in [2.45, 2.75) is 0 Å². The Balaban J connectivity index is 1.95. The molecule has 0 bridgehead atoms. The molecule has 0 atom stereocenters. The highest BCUT2D eigenvalue weighted by molar-refractivity contribution is 7.15. The Morgan fingerprint density at radius 1 is 1.30 bits per heavy atom. The van der Waals surface area contributed by atoms with E-state index in [0.29, 0.717) is 10.7 Å². The van der Waals surface area contributed by atoms with Gasteiger partial charge in [-0.2, -0.15) is 0 Å². The number of rotatable bonds is 3. The van der Waals surface area contributed by atoms with Crippen molar-refractivity contribution in [1.82, 2.24) is 9.38 Å². The lowest BCUT2D eigenvalue weighted by Gasteiger charge is -2.00. The van der Waals surface area contributed by atoms with E-state index in [0.717, 1.165) is 11.3 Å². The lowest BCUT2D eigenvalue weighted by molar-refractivity contribution is 0.414. The summed E-state index contributed by atoms with van der Waals surface area (Å²) in [5, 5.41) is 1.85. The van der Waals surface area contributed by atoms with E-state index in [-0.39, 0.29) is 5.56 Å². The van der Waals surface area contributed by atoms with Gasteiger partial charge in [0, 0.05) is 17.6 Å². The molecule has 0 unspecified atom stereocenters. The number of aromatic nitrogens is 2. The summed E-state index contributed by atoms with van der Waals surface area (Å²) in [6.07, 6.45) is 5.47. The van der Waals surface area contributed by atoms with Crippen LogP contribution in [0.4, 0.5) is 0 Å². The Morgan fingerprint density at radius 3 is 3.05 bits per heavy atom. The number of thiazole rings is 1. The Labute approximate surface area is 119 Å². The summed E-state index contributed by atoms with van der Waals surface area (Å²) < 4.78 is 6.71. The third-order valence-corrected chi connectivity index (χ3v) is 3.62. The first kappa shape index (κ1) is 12.6. The fraction of sp³-hybridized carbons (Fsp3) is 0.0667. The highest BCUT2D eigenvalue weighted by Gasteiger charge is 2.00. The van der Waals surface area contributed by atoms with Gasteiger partial charge in [0.05, 0.1) is 12.8 Å². The van der Waals surface area contributed by atoms with Gasteiger partial charge in [-0.1, -0.05) is 18.2 Å². The molecule has 0 N–H and O–H groups in total. The highest BCUT2D eigenvalue weighted by atomic mass is 32.1. The highest BCUT2D eigenvalue weighted by Crippen LogP contribution is 2.15. The summed E-state index contributed by atoms with van der Waals surface area (Å²) in [7, 11) is 1.63. The smallest absolute Gasteiger partial charge is 0.259 e.